The molecular weight excluding hydrogens is 528 g/mol. The van der Waals surface area contributed by atoms with Gasteiger partial charge in [0.1, 0.15) is 28.3 Å². The van der Waals surface area contributed by atoms with E-state index in [1.54, 1.807) is 12.4 Å². The molecule has 4 aromatic heterocycles. The van der Waals surface area contributed by atoms with Gasteiger partial charge in [-0.05, 0) is 50.3 Å². The molecule has 2 aliphatic rings. The summed E-state index contributed by atoms with van der Waals surface area (Å²) < 4.78 is 1.01. The Morgan fingerprint density at radius 3 is 2.62 bits per heavy atom. The number of aromatic nitrogens is 5. The van der Waals surface area contributed by atoms with Crippen LogP contribution in [0.3, 0.4) is 0 Å². The Balaban J connectivity index is 1.22. The Kier molecular flexibility index (Phi) is 7.74. The largest absolute Gasteiger partial charge is 0.396 e. The molecule has 6 rings (SSSR count). The van der Waals surface area contributed by atoms with Gasteiger partial charge in [0.05, 0.1) is 34.3 Å². The maximum Gasteiger partial charge on any atom is 0.224 e. The summed E-state index contributed by atoms with van der Waals surface area (Å²) >= 11 is 1.53. The lowest BCUT2D eigenvalue weighted by Gasteiger charge is -2.32. The molecule has 40 heavy (non-hydrogen) atoms. The first kappa shape index (κ1) is 26.8. The minimum Gasteiger partial charge on any atom is -0.396 e. The van der Waals surface area contributed by atoms with Crippen molar-refractivity contribution in [1.82, 2.24) is 24.9 Å². The first-order valence-corrected chi connectivity index (χ1v) is 14.5. The quantitative estimate of drug-likeness (QED) is 0.215. The van der Waals surface area contributed by atoms with Crippen LogP contribution >= 0.6 is 11.3 Å². The topological polar surface area (TPSA) is 152 Å². The maximum absolute atomic E-state index is 10.7. The number of nitrogens with zero attached hydrogens (tertiary/aromatic N) is 6. The van der Waals surface area contributed by atoms with Crippen LogP contribution in [0, 0.1) is 18.8 Å². The van der Waals surface area contributed by atoms with Gasteiger partial charge >= 0.3 is 0 Å². The highest BCUT2D eigenvalue weighted by molar-refractivity contribution is 7.21. The van der Waals surface area contributed by atoms with Gasteiger partial charge in [0, 0.05) is 44.6 Å². The van der Waals surface area contributed by atoms with Crippen molar-refractivity contribution in [2.45, 2.75) is 44.4 Å². The standard InChI is InChI=1S/C28H34N8O3S/c1-16-23(27-34-20-14-29-9-5-21(20)40-27)26(33-19-12-18(15-37)24(38)25(19)39)35-28(32-16)31-13-17-6-10-36(11-7-17)22-4-2-3-8-30-22/h2-5,8-9,14,17-19,24-25,37-39H,6-7,10-13,15H2,1H3,(H2,31,32,33,35)/t18-,19-,24-,25+/m1/s1. The number of pyridine rings is 2. The molecule has 1 aliphatic heterocycles. The smallest absolute Gasteiger partial charge is 0.224 e. The molecule has 0 radical (unpaired) electrons. The Hall–Kier alpha value is -3.45. The summed E-state index contributed by atoms with van der Waals surface area (Å²) in [4.78, 5) is 25.4. The van der Waals surface area contributed by atoms with E-state index in [1.807, 2.05) is 31.3 Å². The second-order valence-corrected chi connectivity index (χ2v) is 11.7. The van der Waals surface area contributed by atoms with E-state index in [4.69, 9.17) is 15.0 Å². The predicted molar refractivity (Wildman–Crippen MR) is 155 cm³/mol. The minimum absolute atomic E-state index is 0.192. The molecule has 1 saturated heterocycles. The maximum atomic E-state index is 10.7. The van der Waals surface area contributed by atoms with Crippen molar-refractivity contribution in [3.05, 3.63) is 48.5 Å². The predicted octanol–water partition coefficient (Wildman–Crippen LogP) is 2.69. The average molecular weight is 563 g/mol. The number of hydrogen-bond acceptors (Lipinski definition) is 12. The van der Waals surface area contributed by atoms with E-state index < -0.39 is 24.2 Å². The molecule has 210 valence electrons. The molecule has 0 aromatic carbocycles. The molecule has 4 aromatic rings. The van der Waals surface area contributed by atoms with Crippen molar-refractivity contribution in [1.29, 1.82) is 0 Å². The van der Waals surface area contributed by atoms with Crippen LogP contribution in [0.15, 0.2) is 42.9 Å². The fourth-order valence-corrected chi connectivity index (χ4v) is 6.70. The lowest BCUT2D eigenvalue weighted by Crippen LogP contribution is -2.36. The number of anilines is 3. The molecular formula is C28H34N8O3S. The van der Waals surface area contributed by atoms with Gasteiger partial charge in [-0.2, -0.15) is 4.98 Å². The molecule has 4 atom stereocenters. The molecule has 11 nitrogen and oxygen atoms in total. The molecule has 1 saturated carbocycles. The summed E-state index contributed by atoms with van der Waals surface area (Å²) in [5.74, 6) is 2.15. The van der Waals surface area contributed by atoms with Gasteiger partial charge in [-0.3, -0.25) is 4.98 Å². The highest BCUT2D eigenvalue weighted by Crippen LogP contribution is 2.38. The molecule has 5 N–H and O–H groups in total. The molecule has 5 heterocycles. The summed E-state index contributed by atoms with van der Waals surface area (Å²) in [5.41, 5.74) is 2.30. The van der Waals surface area contributed by atoms with Crippen LogP contribution in [0.5, 0.6) is 0 Å². The highest BCUT2D eigenvalue weighted by atomic mass is 32.1. The van der Waals surface area contributed by atoms with E-state index >= 15 is 0 Å². The lowest BCUT2D eigenvalue weighted by molar-refractivity contribution is 0.00446. The summed E-state index contributed by atoms with van der Waals surface area (Å²) in [6.07, 6.45) is 5.78. The van der Waals surface area contributed by atoms with Crippen LogP contribution in [-0.2, 0) is 0 Å². The fourth-order valence-electron chi connectivity index (χ4n) is 5.67. The molecule has 1 aliphatic carbocycles. The monoisotopic (exact) mass is 562 g/mol. The molecule has 12 heteroatoms. The lowest BCUT2D eigenvalue weighted by atomic mass is 9.97. The number of aliphatic hydroxyl groups is 3. The van der Waals surface area contributed by atoms with Crippen molar-refractivity contribution in [3.8, 4) is 10.6 Å². The van der Waals surface area contributed by atoms with Gasteiger partial charge in [0.2, 0.25) is 5.95 Å². The van der Waals surface area contributed by atoms with Crippen molar-refractivity contribution in [2.24, 2.45) is 11.8 Å². The third-order valence-corrected chi connectivity index (χ3v) is 9.04. The number of piperidine rings is 1. The number of fused-ring (bicyclic) bond motifs is 1. The van der Waals surface area contributed by atoms with Gasteiger partial charge in [0.25, 0.3) is 0 Å². The first-order chi connectivity index (χ1) is 19.5. The van der Waals surface area contributed by atoms with E-state index in [9.17, 15) is 15.3 Å². The molecule has 0 spiro atoms. The first-order valence-electron chi connectivity index (χ1n) is 13.7. The van der Waals surface area contributed by atoms with Gasteiger partial charge in [0.15, 0.2) is 0 Å². The summed E-state index contributed by atoms with van der Waals surface area (Å²) in [6, 6.07) is 7.46. The third-order valence-electron chi connectivity index (χ3n) is 7.99. The van der Waals surface area contributed by atoms with Gasteiger partial charge in [-0.15, -0.1) is 11.3 Å². The van der Waals surface area contributed by atoms with Gasteiger partial charge in [-0.1, -0.05) is 6.07 Å². The van der Waals surface area contributed by atoms with Crippen LogP contribution in [0.4, 0.5) is 17.6 Å². The van der Waals surface area contributed by atoms with Crippen LogP contribution < -0.4 is 15.5 Å². The highest BCUT2D eigenvalue weighted by Gasteiger charge is 2.41. The van der Waals surface area contributed by atoms with Crippen molar-refractivity contribution in [2.75, 3.05) is 41.8 Å². The summed E-state index contributed by atoms with van der Waals surface area (Å²) in [5, 5.41) is 38.3. The van der Waals surface area contributed by atoms with Crippen molar-refractivity contribution >= 4 is 39.1 Å². The van der Waals surface area contributed by atoms with Crippen LogP contribution in [-0.4, -0.2) is 84.7 Å². The van der Waals surface area contributed by atoms with E-state index in [-0.39, 0.29) is 6.61 Å². The van der Waals surface area contributed by atoms with Crippen LogP contribution in [0.2, 0.25) is 0 Å². The summed E-state index contributed by atoms with van der Waals surface area (Å²) in [6.45, 7) is 4.39. The van der Waals surface area contributed by atoms with E-state index in [2.05, 4.69) is 31.6 Å². The minimum atomic E-state index is -1.03. The van der Waals surface area contributed by atoms with Crippen LogP contribution in [0.1, 0.15) is 25.0 Å². The Morgan fingerprint density at radius 1 is 1.05 bits per heavy atom. The van der Waals surface area contributed by atoms with E-state index in [1.165, 1.54) is 11.3 Å². The van der Waals surface area contributed by atoms with Crippen molar-refractivity contribution < 1.29 is 15.3 Å². The second-order valence-electron chi connectivity index (χ2n) is 10.6. The number of nitrogens with one attached hydrogen (secondary N) is 2. The molecule has 0 bridgehead atoms. The zero-order valence-corrected chi connectivity index (χ0v) is 23.1. The van der Waals surface area contributed by atoms with E-state index in [0.29, 0.717) is 24.1 Å². The van der Waals surface area contributed by atoms with Gasteiger partial charge < -0.3 is 30.9 Å². The van der Waals surface area contributed by atoms with Crippen molar-refractivity contribution in [3.63, 3.8) is 0 Å². The Bertz CT molecular complexity index is 1410. The Labute approximate surface area is 236 Å². The summed E-state index contributed by atoms with van der Waals surface area (Å²) in [7, 11) is 0. The molecule has 2 fully saturated rings. The van der Waals surface area contributed by atoms with Gasteiger partial charge in [-0.25, -0.2) is 15.0 Å². The number of hydrogen-bond donors (Lipinski definition) is 5. The zero-order valence-electron chi connectivity index (χ0n) is 22.3. The Morgan fingerprint density at radius 2 is 1.90 bits per heavy atom. The number of thiazole rings is 1. The normalized spacial score (nSPS) is 23.6. The van der Waals surface area contributed by atoms with Crippen LogP contribution in [0.25, 0.3) is 20.8 Å². The number of rotatable bonds is 8. The average Bonchev–Trinajstić information content (AvgIpc) is 3.52. The SMILES string of the molecule is Cc1nc(NCC2CCN(c3ccccn3)CC2)nc(N[C@@H]2C[C@H](CO)[C@@H](O)[C@H]2O)c1-c1nc2cnccc2s1. The zero-order chi connectivity index (χ0) is 27.6. The molecule has 0 amide bonds. The third kappa shape index (κ3) is 5.44. The fraction of sp³-hybridized carbons (Fsp3) is 0.464. The number of aryl methyl sites for hydroxylation is 1. The van der Waals surface area contributed by atoms with E-state index in [0.717, 1.165) is 64.8 Å². The second kappa shape index (κ2) is 11.6. The number of aliphatic hydroxyl groups excluding tert-OH is 3. The molecule has 0 unspecified atom stereocenters.